The molecule has 0 unspecified atom stereocenters. The van der Waals surface area contributed by atoms with Gasteiger partial charge >= 0.3 is 0 Å². The number of benzene rings is 1. The highest BCUT2D eigenvalue weighted by Gasteiger charge is 2.23. The summed E-state index contributed by atoms with van der Waals surface area (Å²) in [6, 6.07) is 8.41. The van der Waals surface area contributed by atoms with E-state index in [0.717, 1.165) is 51.4 Å². The lowest BCUT2D eigenvalue weighted by molar-refractivity contribution is -0.129. The fourth-order valence-corrected chi connectivity index (χ4v) is 3.54. The van der Waals surface area contributed by atoms with Gasteiger partial charge in [-0.3, -0.25) is 4.79 Å². The molecule has 0 spiro atoms. The van der Waals surface area contributed by atoms with Crippen molar-refractivity contribution in [1.29, 1.82) is 0 Å². The number of piperazine rings is 1. The van der Waals surface area contributed by atoms with Gasteiger partial charge in [0, 0.05) is 45.3 Å². The van der Waals surface area contributed by atoms with E-state index >= 15 is 0 Å². The first kappa shape index (κ1) is 15.8. The summed E-state index contributed by atoms with van der Waals surface area (Å²) in [4.78, 5) is 22.4. The monoisotopic (exact) mass is 338 g/mol. The Morgan fingerprint density at radius 1 is 1.08 bits per heavy atom. The minimum atomic E-state index is 0.131. The first-order chi connectivity index (χ1) is 12.2. The van der Waals surface area contributed by atoms with Crippen molar-refractivity contribution in [3.63, 3.8) is 0 Å². The number of para-hydroxylation sites is 1. The van der Waals surface area contributed by atoms with Crippen LogP contribution in [0.15, 0.2) is 30.5 Å². The molecule has 1 aromatic heterocycles. The highest BCUT2D eigenvalue weighted by Crippen LogP contribution is 2.31. The zero-order valence-corrected chi connectivity index (χ0v) is 14.4. The summed E-state index contributed by atoms with van der Waals surface area (Å²) in [5.41, 5.74) is 2.51. The summed E-state index contributed by atoms with van der Waals surface area (Å²) >= 11 is 0. The zero-order valence-electron chi connectivity index (χ0n) is 14.4. The lowest BCUT2D eigenvalue weighted by atomic mass is 10.0. The minimum absolute atomic E-state index is 0.131. The van der Waals surface area contributed by atoms with Crippen molar-refractivity contribution in [2.24, 2.45) is 0 Å². The van der Waals surface area contributed by atoms with Crippen LogP contribution in [0, 0.1) is 0 Å². The van der Waals surface area contributed by atoms with E-state index in [9.17, 15) is 4.79 Å². The van der Waals surface area contributed by atoms with Gasteiger partial charge in [0.15, 0.2) is 5.82 Å². The highest BCUT2D eigenvalue weighted by atomic mass is 16.2. The van der Waals surface area contributed by atoms with E-state index in [1.165, 1.54) is 11.3 Å². The Labute approximate surface area is 147 Å². The molecule has 2 aromatic rings. The van der Waals surface area contributed by atoms with Crippen LogP contribution in [0.1, 0.15) is 18.9 Å². The molecular weight excluding hydrogens is 316 g/mol. The van der Waals surface area contributed by atoms with Gasteiger partial charge in [-0.25, -0.2) is 0 Å². The lowest BCUT2D eigenvalue weighted by Crippen LogP contribution is -2.48. The molecule has 0 atom stereocenters. The molecule has 0 N–H and O–H groups in total. The summed E-state index contributed by atoms with van der Waals surface area (Å²) in [6.45, 7) is 5.51. The van der Waals surface area contributed by atoms with Crippen LogP contribution in [0.25, 0.3) is 0 Å². The Hall–Kier alpha value is -2.70. The molecule has 2 aliphatic rings. The van der Waals surface area contributed by atoms with Gasteiger partial charge in [0.05, 0.1) is 6.20 Å². The van der Waals surface area contributed by atoms with Gasteiger partial charge in [-0.2, -0.15) is 10.1 Å². The predicted octanol–water partition coefficient (Wildman–Crippen LogP) is 1.62. The van der Waals surface area contributed by atoms with Gasteiger partial charge in [0.2, 0.25) is 5.91 Å². The third kappa shape index (κ3) is 3.14. The molecule has 0 radical (unpaired) electrons. The molecule has 7 nitrogen and oxygen atoms in total. The highest BCUT2D eigenvalue weighted by molar-refractivity contribution is 5.73. The summed E-state index contributed by atoms with van der Waals surface area (Å²) in [7, 11) is 0. The van der Waals surface area contributed by atoms with Crippen LogP contribution >= 0.6 is 0 Å². The van der Waals surface area contributed by atoms with E-state index in [1.807, 2.05) is 4.90 Å². The van der Waals surface area contributed by atoms with Gasteiger partial charge in [-0.05, 0) is 24.5 Å². The molecule has 0 bridgehead atoms. The Bertz CT molecular complexity index is 772. The van der Waals surface area contributed by atoms with E-state index in [1.54, 1.807) is 13.1 Å². The largest absolute Gasteiger partial charge is 0.352 e. The van der Waals surface area contributed by atoms with Crippen molar-refractivity contribution in [3.8, 4) is 0 Å². The second kappa shape index (κ2) is 6.66. The fraction of sp³-hybridized carbons (Fsp3) is 0.444. The van der Waals surface area contributed by atoms with Crippen molar-refractivity contribution in [2.45, 2.75) is 19.8 Å². The summed E-state index contributed by atoms with van der Waals surface area (Å²) in [6.07, 6.45) is 3.89. The number of hydrogen-bond acceptors (Lipinski definition) is 6. The number of hydrogen-bond donors (Lipinski definition) is 0. The Balaban J connectivity index is 1.56. The number of aryl methyl sites for hydroxylation is 1. The molecule has 0 saturated carbocycles. The number of carbonyl (C=O) groups is 1. The second-order valence-electron chi connectivity index (χ2n) is 6.49. The van der Waals surface area contributed by atoms with Gasteiger partial charge in [-0.15, -0.1) is 5.10 Å². The van der Waals surface area contributed by atoms with Crippen molar-refractivity contribution in [2.75, 3.05) is 42.5 Å². The molecule has 1 amide bonds. The normalized spacial score (nSPS) is 17.4. The number of amides is 1. The third-order valence-electron chi connectivity index (χ3n) is 4.94. The molecular formula is C18H22N6O. The van der Waals surface area contributed by atoms with Crippen molar-refractivity contribution in [1.82, 2.24) is 20.1 Å². The SMILES string of the molecule is CC(=O)N1CCN(c2cnnc(N3CCCc4ccccc43)n2)CC1. The average molecular weight is 338 g/mol. The van der Waals surface area contributed by atoms with Gasteiger partial charge in [-0.1, -0.05) is 18.2 Å². The van der Waals surface area contributed by atoms with Crippen LogP contribution in [0.2, 0.25) is 0 Å². The number of nitrogens with zero attached hydrogens (tertiary/aromatic N) is 6. The zero-order chi connectivity index (χ0) is 17.2. The first-order valence-electron chi connectivity index (χ1n) is 8.78. The smallest absolute Gasteiger partial charge is 0.251 e. The summed E-state index contributed by atoms with van der Waals surface area (Å²) in [5.74, 6) is 1.61. The molecule has 7 heteroatoms. The maximum Gasteiger partial charge on any atom is 0.251 e. The van der Waals surface area contributed by atoms with Crippen LogP contribution in [-0.2, 0) is 11.2 Å². The summed E-state index contributed by atoms with van der Waals surface area (Å²) in [5, 5.41) is 8.46. The maximum atomic E-state index is 11.5. The number of aromatic nitrogens is 3. The molecule has 1 fully saturated rings. The molecule has 25 heavy (non-hydrogen) atoms. The Morgan fingerprint density at radius 2 is 1.88 bits per heavy atom. The Morgan fingerprint density at radius 3 is 2.68 bits per heavy atom. The van der Waals surface area contributed by atoms with Crippen molar-refractivity contribution >= 4 is 23.4 Å². The number of carbonyl (C=O) groups excluding carboxylic acids is 1. The van der Waals surface area contributed by atoms with E-state index in [-0.39, 0.29) is 5.91 Å². The fourth-order valence-electron chi connectivity index (χ4n) is 3.54. The standard InChI is InChI=1S/C18H22N6O/c1-14(25)22-9-11-23(12-10-22)17-13-19-21-18(20-17)24-8-4-6-15-5-2-3-7-16(15)24/h2-3,5,7,13H,4,6,8-12H2,1H3. The second-order valence-corrected chi connectivity index (χ2v) is 6.49. The molecule has 0 aliphatic carbocycles. The molecule has 4 rings (SSSR count). The van der Waals surface area contributed by atoms with Gasteiger partial charge in [0.1, 0.15) is 0 Å². The molecule has 2 aliphatic heterocycles. The molecule has 130 valence electrons. The first-order valence-corrected chi connectivity index (χ1v) is 8.78. The quantitative estimate of drug-likeness (QED) is 0.829. The van der Waals surface area contributed by atoms with Crippen LogP contribution in [0.4, 0.5) is 17.5 Å². The number of rotatable bonds is 2. The van der Waals surface area contributed by atoms with Crippen LogP contribution < -0.4 is 9.80 Å². The van der Waals surface area contributed by atoms with Crippen LogP contribution in [0.5, 0.6) is 0 Å². The lowest BCUT2D eigenvalue weighted by Gasteiger charge is -2.35. The predicted molar refractivity (Wildman–Crippen MR) is 96.1 cm³/mol. The summed E-state index contributed by atoms with van der Waals surface area (Å²) < 4.78 is 0. The molecule has 1 aromatic carbocycles. The minimum Gasteiger partial charge on any atom is -0.352 e. The Kier molecular flexibility index (Phi) is 4.21. The molecule has 1 saturated heterocycles. The molecule has 3 heterocycles. The van der Waals surface area contributed by atoms with E-state index in [0.29, 0.717) is 5.95 Å². The van der Waals surface area contributed by atoms with Gasteiger partial charge < -0.3 is 14.7 Å². The average Bonchev–Trinajstić information content (AvgIpc) is 2.68. The van der Waals surface area contributed by atoms with Crippen molar-refractivity contribution in [3.05, 3.63) is 36.0 Å². The topological polar surface area (TPSA) is 65.5 Å². The van der Waals surface area contributed by atoms with E-state index < -0.39 is 0 Å². The number of anilines is 3. The van der Waals surface area contributed by atoms with Crippen LogP contribution in [0.3, 0.4) is 0 Å². The van der Waals surface area contributed by atoms with E-state index in [4.69, 9.17) is 4.98 Å². The maximum absolute atomic E-state index is 11.5. The van der Waals surface area contributed by atoms with Crippen molar-refractivity contribution < 1.29 is 4.79 Å². The van der Waals surface area contributed by atoms with E-state index in [2.05, 4.69) is 44.3 Å². The third-order valence-corrected chi connectivity index (χ3v) is 4.94. The van der Waals surface area contributed by atoms with Gasteiger partial charge in [0.25, 0.3) is 5.95 Å². The van der Waals surface area contributed by atoms with Crippen LogP contribution in [-0.4, -0.2) is 58.7 Å². The number of fused-ring (bicyclic) bond motifs is 1.